The summed E-state index contributed by atoms with van der Waals surface area (Å²) in [6.07, 6.45) is 3.29. The van der Waals surface area contributed by atoms with Crippen LogP contribution in [0, 0.1) is 11.8 Å². The first kappa shape index (κ1) is 19.0. The topological polar surface area (TPSA) is 64.0 Å². The maximum atomic E-state index is 13.3. The van der Waals surface area contributed by atoms with E-state index in [2.05, 4.69) is 19.2 Å². The first-order chi connectivity index (χ1) is 12.4. The molecule has 1 aromatic heterocycles. The lowest BCUT2D eigenvalue weighted by Crippen LogP contribution is -2.36. The van der Waals surface area contributed by atoms with E-state index < -0.39 is 0 Å². The van der Waals surface area contributed by atoms with E-state index in [1.165, 1.54) is 18.2 Å². The summed E-state index contributed by atoms with van der Waals surface area (Å²) in [7, 11) is 1.63. The maximum Gasteiger partial charge on any atom is 0.262 e. The number of nitrogens with one attached hydrogen (secondary N) is 1. The van der Waals surface area contributed by atoms with Gasteiger partial charge in [-0.25, -0.2) is 4.98 Å². The van der Waals surface area contributed by atoms with E-state index in [9.17, 15) is 9.59 Å². The lowest BCUT2D eigenvalue weighted by Gasteiger charge is -2.36. The summed E-state index contributed by atoms with van der Waals surface area (Å²) >= 11 is 1.37. The molecule has 3 rings (SSSR count). The lowest BCUT2D eigenvalue weighted by atomic mass is 9.78. The van der Waals surface area contributed by atoms with Gasteiger partial charge in [0.25, 0.3) is 5.56 Å². The number of amides is 1. The minimum absolute atomic E-state index is 0.00755. The van der Waals surface area contributed by atoms with Gasteiger partial charge in [-0.1, -0.05) is 50.6 Å². The third-order valence-electron chi connectivity index (χ3n) is 5.67. The van der Waals surface area contributed by atoms with Gasteiger partial charge in [0.1, 0.15) is 0 Å². The average Bonchev–Trinajstić information content (AvgIpc) is 2.64. The lowest BCUT2D eigenvalue weighted by molar-refractivity contribution is -0.119. The fraction of sp³-hybridized carbons (Fsp3) is 0.550. The number of hydrogen-bond donors (Lipinski definition) is 1. The number of rotatable bonds is 4. The molecule has 1 saturated carbocycles. The van der Waals surface area contributed by atoms with E-state index >= 15 is 0 Å². The van der Waals surface area contributed by atoms with Gasteiger partial charge in [-0.3, -0.25) is 14.2 Å². The van der Waals surface area contributed by atoms with Crippen molar-refractivity contribution < 1.29 is 4.79 Å². The number of nitrogens with zero attached hydrogens (tertiary/aromatic N) is 2. The minimum atomic E-state index is -0.310. The molecule has 0 unspecified atom stereocenters. The van der Waals surface area contributed by atoms with Gasteiger partial charge in [0.2, 0.25) is 5.91 Å². The van der Waals surface area contributed by atoms with Gasteiger partial charge >= 0.3 is 0 Å². The molecule has 6 heteroatoms. The average molecular weight is 374 g/mol. The Hall–Kier alpha value is -1.82. The van der Waals surface area contributed by atoms with E-state index in [0.29, 0.717) is 27.9 Å². The van der Waals surface area contributed by atoms with Crippen molar-refractivity contribution >= 4 is 28.6 Å². The molecule has 1 amide bonds. The Kier molecular flexibility index (Phi) is 5.70. The van der Waals surface area contributed by atoms with Gasteiger partial charge in [0.15, 0.2) is 5.16 Å². The molecule has 0 aliphatic heterocycles. The number of aromatic nitrogens is 2. The van der Waals surface area contributed by atoms with Crippen LogP contribution in [0.4, 0.5) is 0 Å². The molecule has 1 aliphatic carbocycles. The van der Waals surface area contributed by atoms with Crippen LogP contribution < -0.4 is 10.9 Å². The van der Waals surface area contributed by atoms with Crippen LogP contribution in [0.5, 0.6) is 0 Å². The van der Waals surface area contributed by atoms with Crippen LogP contribution in [0.25, 0.3) is 10.9 Å². The van der Waals surface area contributed by atoms with Crippen LogP contribution in [0.3, 0.4) is 0 Å². The minimum Gasteiger partial charge on any atom is -0.358 e. The molecule has 0 spiro atoms. The van der Waals surface area contributed by atoms with E-state index in [0.717, 1.165) is 12.8 Å². The van der Waals surface area contributed by atoms with Crippen LogP contribution in [0.15, 0.2) is 34.2 Å². The van der Waals surface area contributed by atoms with Crippen molar-refractivity contribution in [2.45, 2.75) is 56.5 Å². The molecule has 1 heterocycles. The standard InChI is InChI=1S/C20H27N3O2S/c1-12-8-7-11-17(13(12)2)23-19(25)15-9-5-6-10-16(15)22-20(23)26-14(3)18(24)21-4/h5-6,9-10,12-14,17H,7-8,11H2,1-4H3,(H,21,24)/t12-,13+,14+,17-/m1/s1. The molecule has 5 nitrogen and oxygen atoms in total. The Morgan fingerprint density at radius 3 is 2.77 bits per heavy atom. The van der Waals surface area contributed by atoms with E-state index in [4.69, 9.17) is 4.98 Å². The molecule has 1 N–H and O–H groups in total. The zero-order valence-electron chi connectivity index (χ0n) is 15.9. The monoisotopic (exact) mass is 373 g/mol. The van der Waals surface area contributed by atoms with Gasteiger partial charge in [0.05, 0.1) is 16.2 Å². The molecular formula is C20H27N3O2S. The Bertz CT molecular complexity index is 864. The van der Waals surface area contributed by atoms with Crippen LogP contribution in [0.1, 0.15) is 46.1 Å². The van der Waals surface area contributed by atoms with Crippen molar-refractivity contribution in [3.8, 4) is 0 Å². The number of carbonyl (C=O) groups excluding carboxylic acids is 1. The smallest absolute Gasteiger partial charge is 0.262 e. The van der Waals surface area contributed by atoms with Crippen molar-refractivity contribution in [2.24, 2.45) is 11.8 Å². The zero-order chi connectivity index (χ0) is 18.8. The highest BCUT2D eigenvalue weighted by molar-refractivity contribution is 8.00. The summed E-state index contributed by atoms with van der Waals surface area (Å²) in [5.41, 5.74) is 0.699. The zero-order valence-corrected chi connectivity index (χ0v) is 16.7. The highest BCUT2D eigenvalue weighted by Gasteiger charge is 2.32. The molecule has 0 radical (unpaired) electrons. The van der Waals surface area contributed by atoms with E-state index in [1.807, 2.05) is 35.8 Å². The second-order valence-corrected chi connectivity index (χ2v) is 8.60. The Balaban J connectivity index is 2.14. The summed E-state index contributed by atoms with van der Waals surface area (Å²) in [5, 5.41) is 3.66. The number of hydrogen-bond acceptors (Lipinski definition) is 4. The van der Waals surface area contributed by atoms with Gasteiger partial charge in [-0.05, 0) is 37.3 Å². The molecule has 0 saturated heterocycles. The number of carbonyl (C=O) groups is 1. The molecule has 1 aliphatic rings. The van der Waals surface area contributed by atoms with Crippen molar-refractivity contribution in [3.63, 3.8) is 0 Å². The van der Waals surface area contributed by atoms with Crippen molar-refractivity contribution in [3.05, 3.63) is 34.6 Å². The molecule has 140 valence electrons. The van der Waals surface area contributed by atoms with Gasteiger partial charge in [0, 0.05) is 13.1 Å². The second kappa shape index (κ2) is 7.82. The van der Waals surface area contributed by atoms with Gasteiger partial charge < -0.3 is 5.32 Å². The number of para-hydroxylation sites is 1. The summed E-state index contributed by atoms with van der Waals surface area (Å²) < 4.78 is 1.87. The molecule has 4 atom stereocenters. The quantitative estimate of drug-likeness (QED) is 0.657. The molecule has 2 aromatic rings. The summed E-state index contributed by atoms with van der Waals surface area (Å²) in [4.78, 5) is 30.1. The third kappa shape index (κ3) is 3.52. The highest BCUT2D eigenvalue weighted by Crippen LogP contribution is 2.39. The molecule has 1 fully saturated rings. The third-order valence-corrected chi connectivity index (χ3v) is 6.74. The highest BCUT2D eigenvalue weighted by atomic mass is 32.2. The number of benzene rings is 1. The molecular weight excluding hydrogens is 346 g/mol. The predicted octanol–water partition coefficient (Wildman–Crippen LogP) is 3.62. The van der Waals surface area contributed by atoms with Crippen molar-refractivity contribution in [1.82, 2.24) is 14.9 Å². The van der Waals surface area contributed by atoms with Crippen LogP contribution in [0.2, 0.25) is 0 Å². The fourth-order valence-electron chi connectivity index (χ4n) is 3.83. The van der Waals surface area contributed by atoms with Crippen LogP contribution >= 0.6 is 11.8 Å². The summed E-state index contributed by atoms with van der Waals surface area (Å²) in [6.45, 7) is 6.34. The molecule has 1 aromatic carbocycles. The number of fused-ring (bicyclic) bond motifs is 1. The number of thioether (sulfide) groups is 1. The molecule has 0 bridgehead atoms. The van der Waals surface area contributed by atoms with Crippen molar-refractivity contribution in [1.29, 1.82) is 0 Å². The molecule has 26 heavy (non-hydrogen) atoms. The maximum absolute atomic E-state index is 13.3. The van der Waals surface area contributed by atoms with E-state index in [-0.39, 0.29) is 22.8 Å². The van der Waals surface area contributed by atoms with Crippen LogP contribution in [-0.4, -0.2) is 27.8 Å². The first-order valence-electron chi connectivity index (χ1n) is 9.33. The summed E-state index contributed by atoms with van der Waals surface area (Å²) in [6, 6.07) is 7.60. The fourth-order valence-corrected chi connectivity index (χ4v) is 4.86. The van der Waals surface area contributed by atoms with E-state index in [1.54, 1.807) is 7.05 Å². The normalized spacial score (nSPS) is 24.4. The Morgan fingerprint density at radius 1 is 1.31 bits per heavy atom. The SMILES string of the molecule is CNC(=O)[C@H](C)Sc1nc2ccccc2c(=O)n1[C@@H]1CCC[C@@H](C)[C@@H]1C. The van der Waals surface area contributed by atoms with Gasteiger partial charge in [-0.15, -0.1) is 0 Å². The summed E-state index contributed by atoms with van der Waals surface area (Å²) in [5.74, 6) is 0.912. The second-order valence-electron chi connectivity index (χ2n) is 7.30. The largest absolute Gasteiger partial charge is 0.358 e. The Morgan fingerprint density at radius 2 is 2.04 bits per heavy atom. The van der Waals surface area contributed by atoms with Crippen LogP contribution in [-0.2, 0) is 4.79 Å². The Labute approximate surface area is 158 Å². The van der Waals surface area contributed by atoms with Gasteiger partial charge in [-0.2, -0.15) is 0 Å². The predicted molar refractivity (Wildman–Crippen MR) is 107 cm³/mol. The first-order valence-corrected chi connectivity index (χ1v) is 10.2. The van der Waals surface area contributed by atoms with Crippen molar-refractivity contribution in [2.75, 3.05) is 7.05 Å².